The molecule has 0 atom stereocenters. The highest BCUT2D eigenvalue weighted by Gasteiger charge is 2.18. The summed E-state index contributed by atoms with van der Waals surface area (Å²) in [6, 6.07) is 6.90. The first kappa shape index (κ1) is 18.1. The van der Waals surface area contributed by atoms with Gasteiger partial charge in [-0.05, 0) is 50.5 Å². The van der Waals surface area contributed by atoms with Crippen molar-refractivity contribution in [3.8, 4) is 0 Å². The molecule has 5 nitrogen and oxygen atoms in total. The maximum absolute atomic E-state index is 12.5. The van der Waals surface area contributed by atoms with Gasteiger partial charge in [-0.25, -0.2) is 14.6 Å². The smallest absolute Gasteiger partial charge is 0.341 e. The molecule has 0 aliphatic carbocycles. The highest BCUT2D eigenvalue weighted by molar-refractivity contribution is 6.32. The Morgan fingerprint density at radius 1 is 1.15 bits per heavy atom. The monoisotopic (exact) mass is 371 g/mol. The molecule has 0 unspecified atom stereocenters. The third-order valence-electron chi connectivity index (χ3n) is 4.38. The molecule has 1 aromatic carbocycles. The molecule has 0 N–H and O–H groups in total. The van der Waals surface area contributed by atoms with Crippen molar-refractivity contribution in [3.63, 3.8) is 0 Å². The summed E-state index contributed by atoms with van der Waals surface area (Å²) in [7, 11) is 0. The molecule has 2 aromatic heterocycles. The summed E-state index contributed by atoms with van der Waals surface area (Å²) < 4.78 is 10.7. The molecule has 0 saturated heterocycles. The fourth-order valence-electron chi connectivity index (χ4n) is 2.90. The number of nitrogens with zero attached hydrogens (tertiary/aromatic N) is 1. The molecule has 134 valence electrons. The Balaban J connectivity index is 1.95. The van der Waals surface area contributed by atoms with Crippen LogP contribution in [-0.4, -0.2) is 11.0 Å². The van der Waals surface area contributed by atoms with E-state index in [1.165, 1.54) is 6.07 Å². The molecule has 0 spiro atoms. The van der Waals surface area contributed by atoms with Gasteiger partial charge in [-0.15, -0.1) is 0 Å². The van der Waals surface area contributed by atoms with Gasteiger partial charge >= 0.3 is 11.6 Å². The van der Waals surface area contributed by atoms with E-state index in [1.54, 1.807) is 19.9 Å². The van der Waals surface area contributed by atoms with Crippen molar-refractivity contribution in [2.75, 3.05) is 0 Å². The lowest BCUT2D eigenvalue weighted by Gasteiger charge is -2.11. The van der Waals surface area contributed by atoms with E-state index < -0.39 is 11.6 Å². The molecule has 0 saturated carbocycles. The molecular weight excluding hydrogens is 354 g/mol. The first-order valence-electron chi connectivity index (χ1n) is 8.11. The van der Waals surface area contributed by atoms with Gasteiger partial charge in [-0.1, -0.05) is 23.7 Å². The van der Waals surface area contributed by atoms with Crippen LogP contribution in [-0.2, 0) is 11.3 Å². The summed E-state index contributed by atoms with van der Waals surface area (Å²) in [5, 5.41) is 0.849. The number of benzene rings is 1. The minimum atomic E-state index is -0.578. The molecule has 0 aliphatic rings. The average molecular weight is 372 g/mol. The summed E-state index contributed by atoms with van der Waals surface area (Å²) in [5.41, 5.74) is 4.16. The molecule has 3 rings (SSSR count). The Morgan fingerprint density at radius 3 is 2.58 bits per heavy atom. The van der Waals surface area contributed by atoms with Gasteiger partial charge in [0.1, 0.15) is 17.3 Å². The Hall–Kier alpha value is -2.66. The van der Waals surface area contributed by atoms with E-state index in [-0.39, 0.29) is 17.3 Å². The van der Waals surface area contributed by atoms with Crippen molar-refractivity contribution in [2.45, 2.75) is 34.3 Å². The van der Waals surface area contributed by atoms with Crippen LogP contribution in [0, 0.1) is 27.7 Å². The van der Waals surface area contributed by atoms with Crippen molar-refractivity contribution in [2.24, 2.45) is 0 Å². The van der Waals surface area contributed by atoms with Crippen molar-refractivity contribution in [3.05, 3.63) is 73.3 Å². The standard InChI is InChI=1S/C20H18ClNO4/c1-10-5-6-15-14(8-16(23)26-18(15)13(10)4)9-25-20(24)17-11(2)7-12(3)22-19(17)21/h5-8H,9H2,1-4H3. The number of ether oxygens (including phenoxy) is 1. The maximum atomic E-state index is 12.5. The lowest BCUT2D eigenvalue weighted by molar-refractivity contribution is 0.0472. The highest BCUT2D eigenvalue weighted by Crippen LogP contribution is 2.25. The second-order valence-corrected chi connectivity index (χ2v) is 6.66. The summed E-state index contributed by atoms with van der Waals surface area (Å²) >= 11 is 6.09. The quantitative estimate of drug-likeness (QED) is 0.387. The summed E-state index contributed by atoms with van der Waals surface area (Å²) in [6.45, 7) is 7.34. The number of esters is 1. The third-order valence-corrected chi connectivity index (χ3v) is 4.65. The number of fused-ring (bicyclic) bond motifs is 1. The Labute approximate surface area is 155 Å². The number of aryl methyl sites for hydroxylation is 4. The molecular formula is C20H18ClNO4. The lowest BCUT2D eigenvalue weighted by Crippen LogP contribution is -2.11. The second-order valence-electron chi connectivity index (χ2n) is 6.30. The molecule has 2 heterocycles. The van der Waals surface area contributed by atoms with Crippen molar-refractivity contribution < 1.29 is 13.9 Å². The molecule has 0 bridgehead atoms. The fraction of sp³-hybridized carbons (Fsp3) is 0.250. The van der Waals surface area contributed by atoms with E-state index in [4.69, 9.17) is 20.8 Å². The minimum absolute atomic E-state index is 0.0624. The zero-order valence-electron chi connectivity index (χ0n) is 15.0. The van der Waals surface area contributed by atoms with E-state index in [0.29, 0.717) is 16.7 Å². The zero-order chi connectivity index (χ0) is 19.0. The molecule has 0 fully saturated rings. The number of halogens is 1. The Morgan fingerprint density at radius 2 is 1.88 bits per heavy atom. The number of aromatic nitrogens is 1. The van der Waals surface area contributed by atoms with Gasteiger partial charge in [0, 0.05) is 22.7 Å². The van der Waals surface area contributed by atoms with Crippen molar-refractivity contribution in [1.29, 1.82) is 0 Å². The Bertz CT molecular complexity index is 1060. The van der Waals surface area contributed by atoms with Crippen LogP contribution in [0.5, 0.6) is 0 Å². The lowest BCUT2D eigenvalue weighted by atomic mass is 10.0. The normalized spacial score (nSPS) is 11.0. The van der Waals surface area contributed by atoms with Gasteiger partial charge in [-0.3, -0.25) is 0 Å². The van der Waals surface area contributed by atoms with Crippen LogP contribution in [0.1, 0.15) is 38.3 Å². The van der Waals surface area contributed by atoms with Crippen molar-refractivity contribution in [1.82, 2.24) is 4.98 Å². The van der Waals surface area contributed by atoms with Crippen LogP contribution >= 0.6 is 11.6 Å². The van der Waals surface area contributed by atoms with E-state index in [2.05, 4.69) is 4.98 Å². The predicted octanol–water partition coefficient (Wildman–Crippen LogP) is 4.43. The fourth-order valence-corrected chi connectivity index (χ4v) is 3.26. The van der Waals surface area contributed by atoms with Gasteiger partial charge < -0.3 is 9.15 Å². The SMILES string of the molecule is Cc1cc(C)c(C(=O)OCc2cc(=O)oc3c(C)c(C)ccc23)c(Cl)n1. The topological polar surface area (TPSA) is 69.4 Å². The number of hydrogen-bond acceptors (Lipinski definition) is 5. The van der Waals surface area contributed by atoms with Crippen molar-refractivity contribution >= 4 is 28.5 Å². The zero-order valence-corrected chi connectivity index (χ0v) is 15.7. The molecule has 0 amide bonds. The molecule has 0 radical (unpaired) electrons. The molecule has 0 aliphatic heterocycles. The largest absolute Gasteiger partial charge is 0.457 e. The average Bonchev–Trinajstić information content (AvgIpc) is 2.55. The first-order chi connectivity index (χ1) is 12.3. The van der Waals surface area contributed by atoms with E-state index in [0.717, 1.165) is 22.2 Å². The predicted molar refractivity (Wildman–Crippen MR) is 99.8 cm³/mol. The van der Waals surface area contributed by atoms with Crippen LogP contribution in [0.3, 0.4) is 0 Å². The molecule has 3 aromatic rings. The number of carbonyl (C=O) groups is 1. The molecule has 26 heavy (non-hydrogen) atoms. The number of rotatable bonds is 3. The van der Waals surface area contributed by atoms with E-state index in [1.807, 2.05) is 26.0 Å². The van der Waals surface area contributed by atoms with Crippen LogP contribution < -0.4 is 5.63 Å². The summed E-state index contributed by atoms with van der Waals surface area (Å²) in [6.07, 6.45) is 0. The van der Waals surface area contributed by atoms with Crippen LogP contribution in [0.4, 0.5) is 0 Å². The molecule has 6 heteroatoms. The second kappa shape index (κ2) is 6.92. The van der Waals surface area contributed by atoms with E-state index >= 15 is 0 Å². The third kappa shape index (κ3) is 3.35. The number of carbonyl (C=O) groups excluding carboxylic acids is 1. The van der Waals surface area contributed by atoms with Crippen LogP contribution in [0.2, 0.25) is 5.15 Å². The van der Waals surface area contributed by atoms with E-state index in [9.17, 15) is 9.59 Å². The van der Waals surface area contributed by atoms with Crippen LogP contribution in [0.15, 0.2) is 33.5 Å². The van der Waals surface area contributed by atoms with Gasteiger partial charge in [0.2, 0.25) is 0 Å². The summed E-state index contributed by atoms with van der Waals surface area (Å²) in [4.78, 5) is 28.5. The highest BCUT2D eigenvalue weighted by atomic mass is 35.5. The maximum Gasteiger partial charge on any atom is 0.341 e. The van der Waals surface area contributed by atoms with Gasteiger partial charge in [0.25, 0.3) is 0 Å². The number of pyridine rings is 1. The van der Waals surface area contributed by atoms with Gasteiger partial charge in [0.15, 0.2) is 0 Å². The Kier molecular flexibility index (Phi) is 4.83. The first-order valence-corrected chi connectivity index (χ1v) is 8.49. The number of hydrogen-bond donors (Lipinski definition) is 0. The van der Waals surface area contributed by atoms with Gasteiger partial charge in [0.05, 0.1) is 5.56 Å². The summed E-state index contributed by atoms with van der Waals surface area (Å²) in [5.74, 6) is -0.578. The minimum Gasteiger partial charge on any atom is -0.457 e. The van der Waals surface area contributed by atoms with Gasteiger partial charge in [-0.2, -0.15) is 0 Å². The van der Waals surface area contributed by atoms with Crippen LogP contribution in [0.25, 0.3) is 11.0 Å².